The minimum absolute atomic E-state index is 0.239. The molecule has 4 rings (SSSR count). The van der Waals surface area contributed by atoms with Crippen molar-refractivity contribution in [3.8, 4) is 17.1 Å². The SMILES string of the molecule is Cc1ccc(-c2noc(C)c2COc2cc3c(cn2)CN(C(=O)CS(C)(=O)=O)CC3)cn1. The van der Waals surface area contributed by atoms with Crippen LogP contribution >= 0.6 is 0 Å². The van der Waals surface area contributed by atoms with Crippen molar-refractivity contribution in [2.45, 2.75) is 33.4 Å². The molecule has 0 fully saturated rings. The number of amides is 1. The number of ether oxygens (including phenoxy) is 1. The molecule has 0 spiro atoms. The lowest BCUT2D eigenvalue weighted by molar-refractivity contribution is -0.129. The van der Waals surface area contributed by atoms with E-state index in [9.17, 15) is 13.2 Å². The minimum Gasteiger partial charge on any atom is -0.473 e. The number of fused-ring (bicyclic) bond motifs is 1. The molecule has 0 aliphatic carbocycles. The lowest BCUT2D eigenvalue weighted by Crippen LogP contribution is -2.39. The summed E-state index contributed by atoms with van der Waals surface area (Å²) in [5.41, 5.74) is 5.20. The van der Waals surface area contributed by atoms with Gasteiger partial charge in [-0.15, -0.1) is 0 Å². The van der Waals surface area contributed by atoms with Gasteiger partial charge in [-0.2, -0.15) is 0 Å². The molecular formula is C22H24N4O5S. The van der Waals surface area contributed by atoms with Gasteiger partial charge in [-0.25, -0.2) is 13.4 Å². The molecule has 4 heterocycles. The Labute approximate surface area is 186 Å². The van der Waals surface area contributed by atoms with Crippen molar-refractivity contribution in [1.29, 1.82) is 0 Å². The molecule has 3 aromatic rings. The number of pyridine rings is 2. The molecule has 0 radical (unpaired) electrons. The smallest absolute Gasteiger partial charge is 0.238 e. The molecule has 0 saturated carbocycles. The van der Waals surface area contributed by atoms with Crippen molar-refractivity contribution in [3.05, 3.63) is 58.7 Å². The number of carbonyl (C=O) groups excluding carboxylic acids is 1. The third-order valence-corrected chi connectivity index (χ3v) is 6.11. The predicted octanol–water partition coefficient (Wildman–Crippen LogP) is 2.26. The van der Waals surface area contributed by atoms with Crippen LogP contribution in [-0.4, -0.2) is 52.9 Å². The second-order valence-electron chi connectivity index (χ2n) is 7.97. The number of aryl methyl sites for hydroxylation is 2. The van der Waals surface area contributed by atoms with Gasteiger partial charge in [0, 0.05) is 49.1 Å². The van der Waals surface area contributed by atoms with Crippen LogP contribution in [0.2, 0.25) is 0 Å². The molecule has 9 nitrogen and oxygen atoms in total. The Kier molecular flexibility index (Phi) is 5.96. The van der Waals surface area contributed by atoms with Gasteiger partial charge in [0.15, 0.2) is 9.84 Å². The van der Waals surface area contributed by atoms with Gasteiger partial charge in [-0.1, -0.05) is 5.16 Å². The maximum Gasteiger partial charge on any atom is 0.238 e. The summed E-state index contributed by atoms with van der Waals surface area (Å²) in [5, 5.41) is 4.15. The summed E-state index contributed by atoms with van der Waals surface area (Å²) >= 11 is 0. The van der Waals surface area contributed by atoms with Crippen LogP contribution in [0.4, 0.5) is 0 Å². The fraction of sp³-hybridized carbons (Fsp3) is 0.364. The van der Waals surface area contributed by atoms with Gasteiger partial charge in [0.1, 0.15) is 23.8 Å². The average molecular weight is 457 g/mol. The summed E-state index contributed by atoms with van der Waals surface area (Å²) in [6, 6.07) is 5.72. The van der Waals surface area contributed by atoms with Crippen LogP contribution < -0.4 is 4.74 Å². The monoisotopic (exact) mass is 456 g/mol. The Bertz CT molecular complexity index is 1250. The maximum atomic E-state index is 12.2. The summed E-state index contributed by atoms with van der Waals surface area (Å²) in [6.45, 7) is 4.79. The Hall–Kier alpha value is -3.27. The standard InChI is InChI=1S/C22H24N4O5S/c1-14-4-5-17(9-23-14)22-19(15(2)31-25-22)12-30-20-8-16-6-7-26(11-18(16)10-24-20)21(27)13-32(3,28)29/h4-5,8-10H,6-7,11-13H2,1-3H3. The number of nitrogens with zero attached hydrogens (tertiary/aromatic N) is 4. The van der Waals surface area contributed by atoms with Gasteiger partial charge >= 0.3 is 0 Å². The van der Waals surface area contributed by atoms with Crippen LogP contribution in [0, 0.1) is 13.8 Å². The zero-order valence-corrected chi connectivity index (χ0v) is 19.0. The van der Waals surface area contributed by atoms with Crippen LogP contribution in [0.1, 0.15) is 28.1 Å². The highest BCUT2D eigenvalue weighted by Crippen LogP contribution is 2.27. The van der Waals surface area contributed by atoms with Gasteiger partial charge < -0.3 is 14.2 Å². The summed E-state index contributed by atoms with van der Waals surface area (Å²) in [4.78, 5) is 22.4. The first-order valence-corrected chi connectivity index (χ1v) is 12.2. The first-order chi connectivity index (χ1) is 15.2. The van der Waals surface area contributed by atoms with Gasteiger partial charge in [0.2, 0.25) is 11.8 Å². The molecule has 0 aromatic carbocycles. The third-order valence-electron chi connectivity index (χ3n) is 5.34. The molecule has 3 aromatic heterocycles. The fourth-order valence-corrected chi connectivity index (χ4v) is 4.20. The van der Waals surface area contributed by atoms with E-state index in [1.54, 1.807) is 17.3 Å². The van der Waals surface area contributed by atoms with Crippen molar-refractivity contribution in [3.63, 3.8) is 0 Å². The highest BCUT2D eigenvalue weighted by molar-refractivity contribution is 7.91. The quantitative estimate of drug-likeness (QED) is 0.555. The van der Waals surface area contributed by atoms with Crippen LogP contribution in [0.3, 0.4) is 0 Å². The lowest BCUT2D eigenvalue weighted by atomic mass is 10.0. The second-order valence-corrected chi connectivity index (χ2v) is 10.1. The number of rotatable bonds is 6. The summed E-state index contributed by atoms with van der Waals surface area (Å²) in [7, 11) is -3.36. The fourth-order valence-electron chi connectivity index (χ4n) is 3.57. The van der Waals surface area contributed by atoms with Gasteiger partial charge in [0.05, 0.1) is 5.56 Å². The van der Waals surface area contributed by atoms with Gasteiger partial charge in [-0.3, -0.25) is 9.78 Å². The zero-order chi connectivity index (χ0) is 22.9. The molecular weight excluding hydrogens is 432 g/mol. The molecule has 1 aliphatic heterocycles. The van der Waals surface area contributed by atoms with E-state index in [0.29, 0.717) is 36.8 Å². The number of hydrogen-bond donors (Lipinski definition) is 0. The highest BCUT2D eigenvalue weighted by atomic mass is 32.2. The van der Waals surface area contributed by atoms with Crippen molar-refractivity contribution >= 4 is 15.7 Å². The van der Waals surface area contributed by atoms with Crippen molar-refractivity contribution in [2.24, 2.45) is 0 Å². The first-order valence-electron chi connectivity index (χ1n) is 10.1. The van der Waals surface area contributed by atoms with E-state index in [0.717, 1.165) is 34.2 Å². The Morgan fingerprint density at radius 1 is 1.19 bits per heavy atom. The van der Waals surface area contributed by atoms with Crippen LogP contribution in [0.5, 0.6) is 5.88 Å². The van der Waals surface area contributed by atoms with E-state index in [2.05, 4.69) is 15.1 Å². The largest absolute Gasteiger partial charge is 0.473 e. The van der Waals surface area contributed by atoms with Crippen LogP contribution in [0.25, 0.3) is 11.3 Å². The van der Waals surface area contributed by atoms with E-state index in [4.69, 9.17) is 9.26 Å². The van der Waals surface area contributed by atoms with E-state index < -0.39 is 15.6 Å². The highest BCUT2D eigenvalue weighted by Gasteiger charge is 2.24. The zero-order valence-electron chi connectivity index (χ0n) is 18.2. The molecule has 168 valence electrons. The number of sulfone groups is 1. The van der Waals surface area contributed by atoms with Crippen LogP contribution in [-0.2, 0) is 34.2 Å². The molecule has 0 N–H and O–H groups in total. The Balaban J connectivity index is 1.45. The second kappa shape index (κ2) is 8.70. The molecule has 0 unspecified atom stereocenters. The Morgan fingerprint density at radius 2 is 2.00 bits per heavy atom. The first kappa shape index (κ1) is 21.9. The average Bonchev–Trinajstić information content (AvgIpc) is 3.11. The summed E-state index contributed by atoms with van der Waals surface area (Å²) < 4.78 is 34.1. The normalized spacial score (nSPS) is 13.7. The number of aromatic nitrogens is 3. The van der Waals surface area contributed by atoms with Crippen LogP contribution in [0.15, 0.2) is 35.1 Å². The minimum atomic E-state index is -3.36. The molecule has 1 aliphatic rings. The number of carbonyl (C=O) groups is 1. The van der Waals surface area contributed by atoms with Gasteiger partial charge in [-0.05, 0) is 43.5 Å². The van der Waals surface area contributed by atoms with E-state index in [1.807, 2.05) is 32.0 Å². The third kappa shape index (κ3) is 4.96. The van der Waals surface area contributed by atoms with Crippen molar-refractivity contribution < 1.29 is 22.5 Å². The van der Waals surface area contributed by atoms with Crippen molar-refractivity contribution in [1.82, 2.24) is 20.0 Å². The summed E-state index contributed by atoms with van der Waals surface area (Å²) in [5.74, 6) is 0.264. The van der Waals surface area contributed by atoms with Gasteiger partial charge in [0.25, 0.3) is 0 Å². The predicted molar refractivity (Wildman–Crippen MR) is 117 cm³/mol. The van der Waals surface area contributed by atoms with E-state index >= 15 is 0 Å². The summed E-state index contributed by atoms with van der Waals surface area (Å²) in [6.07, 6.45) is 5.10. The van der Waals surface area contributed by atoms with E-state index in [-0.39, 0.29) is 12.5 Å². The lowest BCUT2D eigenvalue weighted by Gasteiger charge is -2.28. The van der Waals surface area contributed by atoms with Crippen molar-refractivity contribution in [2.75, 3.05) is 18.6 Å². The molecule has 0 atom stereocenters. The molecule has 0 saturated heterocycles. The van der Waals surface area contributed by atoms with E-state index in [1.165, 1.54) is 0 Å². The molecule has 1 amide bonds. The maximum absolute atomic E-state index is 12.2. The Morgan fingerprint density at radius 3 is 2.72 bits per heavy atom. The topological polar surface area (TPSA) is 115 Å². The number of hydrogen-bond acceptors (Lipinski definition) is 8. The molecule has 10 heteroatoms. The molecule has 32 heavy (non-hydrogen) atoms. The molecule has 0 bridgehead atoms.